The van der Waals surface area contributed by atoms with E-state index in [2.05, 4.69) is 18.2 Å². The molecule has 1 atom stereocenters. The van der Waals surface area contributed by atoms with Crippen LogP contribution in [-0.2, 0) is 9.53 Å². The number of esters is 1. The molecule has 0 aliphatic heterocycles. The van der Waals surface area contributed by atoms with Gasteiger partial charge in [0, 0.05) is 0 Å². The second-order valence-electron chi connectivity index (χ2n) is 4.46. The van der Waals surface area contributed by atoms with Crippen LogP contribution in [0.3, 0.4) is 0 Å². The molecule has 0 radical (unpaired) electrons. The number of hydrogen-bond acceptors (Lipinski definition) is 3. The van der Waals surface area contributed by atoms with Crippen molar-refractivity contribution in [2.75, 3.05) is 13.2 Å². The van der Waals surface area contributed by atoms with Gasteiger partial charge in [0.15, 0.2) is 0 Å². The Hall–Kier alpha value is -1.01. The van der Waals surface area contributed by atoms with Gasteiger partial charge < -0.3 is 4.74 Å². The second kappa shape index (κ2) is 4.24. The van der Waals surface area contributed by atoms with E-state index in [1.165, 1.54) is 0 Å². The lowest BCUT2D eigenvalue weighted by Gasteiger charge is -2.34. The van der Waals surface area contributed by atoms with E-state index in [4.69, 9.17) is 11.2 Å². The standard InChI is InChI=1S/C12H19NO2/c1-5-9-13-12(4,10(14)15-6-2)11(3)7-8-11/h1,13H,6-9H2,2-4H3. The highest BCUT2D eigenvalue weighted by Crippen LogP contribution is 2.53. The molecule has 0 aromatic rings. The maximum atomic E-state index is 11.9. The molecule has 0 heterocycles. The smallest absolute Gasteiger partial charge is 0.326 e. The van der Waals surface area contributed by atoms with Crippen LogP contribution in [0.25, 0.3) is 0 Å². The van der Waals surface area contributed by atoms with E-state index in [0.29, 0.717) is 13.2 Å². The topological polar surface area (TPSA) is 38.3 Å². The van der Waals surface area contributed by atoms with Crippen molar-refractivity contribution in [2.45, 2.75) is 39.2 Å². The first-order valence-electron chi connectivity index (χ1n) is 5.36. The van der Waals surface area contributed by atoms with Gasteiger partial charge in [-0.1, -0.05) is 12.8 Å². The summed E-state index contributed by atoms with van der Waals surface area (Å²) in [4.78, 5) is 11.9. The third kappa shape index (κ3) is 2.15. The van der Waals surface area contributed by atoms with Gasteiger partial charge in [-0.25, -0.2) is 0 Å². The molecule has 0 spiro atoms. The molecule has 0 saturated heterocycles. The van der Waals surface area contributed by atoms with Crippen LogP contribution in [0, 0.1) is 17.8 Å². The molecular weight excluding hydrogens is 190 g/mol. The quantitative estimate of drug-likeness (QED) is 0.548. The third-order valence-electron chi connectivity index (χ3n) is 3.43. The van der Waals surface area contributed by atoms with Crippen LogP contribution in [0.15, 0.2) is 0 Å². The molecule has 3 nitrogen and oxygen atoms in total. The molecule has 1 aliphatic rings. The minimum Gasteiger partial charge on any atom is -0.465 e. The molecule has 0 bridgehead atoms. The monoisotopic (exact) mass is 209 g/mol. The van der Waals surface area contributed by atoms with E-state index in [1.807, 2.05) is 13.8 Å². The van der Waals surface area contributed by atoms with Gasteiger partial charge in [0.05, 0.1) is 13.2 Å². The summed E-state index contributed by atoms with van der Waals surface area (Å²) >= 11 is 0. The molecule has 1 N–H and O–H groups in total. The highest BCUT2D eigenvalue weighted by atomic mass is 16.5. The molecule has 3 heteroatoms. The fourth-order valence-electron chi connectivity index (χ4n) is 1.72. The molecule has 0 amide bonds. The van der Waals surface area contributed by atoms with Crippen LogP contribution < -0.4 is 5.32 Å². The lowest BCUT2D eigenvalue weighted by atomic mass is 9.83. The Kier molecular flexibility index (Phi) is 3.41. The van der Waals surface area contributed by atoms with E-state index < -0.39 is 5.54 Å². The van der Waals surface area contributed by atoms with Gasteiger partial charge in [0.25, 0.3) is 0 Å². The first-order chi connectivity index (χ1) is 7.00. The lowest BCUT2D eigenvalue weighted by Crippen LogP contribution is -2.56. The summed E-state index contributed by atoms with van der Waals surface area (Å²) in [6, 6.07) is 0. The van der Waals surface area contributed by atoms with Crippen molar-refractivity contribution in [1.82, 2.24) is 5.32 Å². The number of carbonyl (C=O) groups excluding carboxylic acids is 1. The van der Waals surface area contributed by atoms with E-state index in [1.54, 1.807) is 0 Å². The van der Waals surface area contributed by atoms with Crippen molar-refractivity contribution in [2.24, 2.45) is 5.41 Å². The summed E-state index contributed by atoms with van der Waals surface area (Å²) in [6.45, 7) is 6.59. The van der Waals surface area contributed by atoms with Crippen molar-refractivity contribution >= 4 is 5.97 Å². The predicted octanol–water partition coefficient (Wildman–Crippen LogP) is 1.33. The summed E-state index contributed by atoms with van der Waals surface area (Å²) < 4.78 is 5.10. The number of nitrogens with one attached hydrogen (secondary N) is 1. The van der Waals surface area contributed by atoms with Gasteiger partial charge in [0.1, 0.15) is 5.54 Å². The van der Waals surface area contributed by atoms with Crippen LogP contribution in [0.1, 0.15) is 33.6 Å². The highest BCUT2D eigenvalue weighted by molar-refractivity contribution is 5.82. The fraction of sp³-hybridized carbons (Fsp3) is 0.750. The molecular formula is C12H19NO2. The van der Waals surface area contributed by atoms with Gasteiger partial charge in [-0.2, -0.15) is 0 Å². The fourth-order valence-corrected chi connectivity index (χ4v) is 1.72. The zero-order valence-corrected chi connectivity index (χ0v) is 9.72. The molecule has 0 aromatic carbocycles. The van der Waals surface area contributed by atoms with Gasteiger partial charge in [0.2, 0.25) is 0 Å². The molecule has 1 aliphatic carbocycles. The highest BCUT2D eigenvalue weighted by Gasteiger charge is 2.57. The zero-order chi connectivity index (χ0) is 11.5. The Balaban J connectivity index is 2.77. The SMILES string of the molecule is C#CCNC(C)(C(=O)OCC)C1(C)CC1. The molecule has 1 fully saturated rings. The van der Waals surface area contributed by atoms with Crippen LogP contribution in [0.2, 0.25) is 0 Å². The largest absolute Gasteiger partial charge is 0.465 e. The number of terminal acetylenes is 1. The molecule has 1 rings (SSSR count). The summed E-state index contributed by atoms with van der Waals surface area (Å²) in [7, 11) is 0. The zero-order valence-electron chi connectivity index (χ0n) is 9.72. The third-order valence-corrected chi connectivity index (χ3v) is 3.43. The average Bonchev–Trinajstić information content (AvgIpc) is 2.94. The molecule has 0 aromatic heterocycles. The van der Waals surface area contributed by atoms with Gasteiger partial charge in [-0.05, 0) is 32.1 Å². The number of hydrogen-bond donors (Lipinski definition) is 1. The van der Waals surface area contributed by atoms with Crippen molar-refractivity contribution in [1.29, 1.82) is 0 Å². The second-order valence-corrected chi connectivity index (χ2v) is 4.46. The lowest BCUT2D eigenvalue weighted by molar-refractivity contribution is -0.153. The van der Waals surface area contributed by atoms with E-state index in [0.717, 1.165) is 12.8 Å². The summed E-state index contributed by atoms with van der Waals surface area (Å²) in [5.41, 5.74) is -0.647. The molecule has 15 heavy (non-hydrogen) atoms. The van der Waals surface area contributed by atoms with Crippen LogP contribution >= 0.6 is 0 Å². The molecule has 84 valence electrons. The minimum absolute atomic E-state index is 0.00387. The van der Waals surface area contributed by atoms with Crippen LogP contribution in [0.5, 0.6) is 0 Å². The van der Waals surface area contributed by atoms with Gasteiger partial charge in [-0.3, -0.25) is 10.1 Å². The van der Waals surface area contributed by atoms with Crippen LogP contribution in [0.4, 0.5) is 0 Å². The summed E-state index contributed by atoms with van der Waals surface area (Å²) in [5.74, 6) is 2.31. The first kappa shape index (κ1) is 12.1. The number of carbonyl (C=O) groups is 1. The average molecular weight is 209 g/mol. The van der Waals surface area contributed by atoms with E-state index in [-0.39, 0.29) is 11.4 Å². The Morgan fingerprint density at radius 2 is 2.27 bits per heavy atom. The maximum absolute atomic E-state index is 11.9. The van der Waals surface area contributed by atoms with E-state index in [9.17, 15) is 4.79 Å². The van der Waals surface area contributed by atoms with E-state index >= 15 is 0 Å². The van der Waals surface area contributed by atoms with Crippen LogP contribution in [-0.4, -0.2) is 24.7 Å². The van der Waals surface area contributed by atoms with Gasteiger partial charge in [-0.15, -0.1) is 6.42 Å². The Morgan fingerprint density at radius 1 is 1.67 bits per heavy atom. The Morgan fingerprint density at radius 3 is 2.67 bits per heavy atom. The predicted molar refractivity (Wildman–Crippen MR) is 59.2 cm³/mol. The van der Waals surface area contributed by atoms with Crippen molar-refractivity contribution in [3.05, 3.63) is 0 Å². The number of rotatable bonds is 5. The van der Waals surface area contributed by atoms with Gasteiger partial charge >= 0.3 is 5.97 Å². The van der Waals surface area contributed by atoms with Crippen molar-refractivity contribution < 1.29 is 9.53 Å². The summed E-state index contributed by atoms with van der Waals surface area (Å²) in [6.07, 6.45) is 7.29. The first-order valence-corrected chi connectivity index (χ1v) is 5.36. The maximum Gasteiger partial charge on any atom is 0.326 e. The van der Waals surface area contributed by atoms with Crippen molar-refractivity contribution in [3.8, 4) is 12.3 Å². The minimum atomic E-state index is -0.643. The van der Waals surface area contributed by atoms with Crippen molar-refractivity contribution in [3.63, 3.8) is 0 Å². The summed E-state index contributed by atoms with van der Waals surface area (Å²) in [5, 5.41) is 3.12. The normalized spacial score (nSPS) is 21.2. The number of ether oxygens (including phenoxy) is 1. The Labute approximate surface area is 91.6 Å². The Bertz CT molecular complexity index is 288. The molecule has 1 unspecified atom stereocenters. The molecule has 1 saturated carbocycles.